The first-order chi connectivity index (χ1) is 8.89. The molecule has 0 amide bonds. The van der Waals surface area contributed by atoms with Crippen LogP contribution in [0.1, 0.15) is 6.92 Å². The van der Waals surface area contributed by atoms with Gasteiger partial charge in [0.2, 0.25) is 0 Å². The molecule has 0 aliphatic carbocycles. The number of hydrogen-bond donors (Lipinski definition) is 2. The minimum atomic E-state index is -4.38. The third-order valence-corrected chi connectivity index (χ3v) is 2.89. The Kier molecular flexibility index (Phi) is 5.80. The van der Waals surface area contributed by atoms with E-state index in [-0.39, 0.29) is 12.4 Å². The quantitative estimate of drug-likeness (QED) is 0.828. The predicted octanol–water partition coefficient (Wildman–Crippen LogP) is 2.03. The van der Waals surface area contributed by atoms with E-state index < -0.39 is 19.3 Å². The molecule has 0 bridgehead atoms. The van der Waals surface area contributed by atoms with Gasteiger partial charge >= 0.3 is 6.18 Å². The van der Waals surface area contributed by atoms with Crippen LogP contribution in [0.15, 0.2) is 10.8 Å². The van der Waals surface area contributed by atoms with Crippen LogP contribution in [0.3, 0.4) is 0 Å². The highest BCUT2D eigenvalue weighted by Crippen LogP contribution is 2.31. The van der Waals surface area contributed by atoms with Gasteiger partial charge < -0.3 is 15.3 Å². The molecule has 0 aromatic carbocycles. The van der Waals surface area contributed by atoms with Crippen molar-refractivity contribution in [2.75, 3.05) is 36.5 Å². The third-order valence-electron chi connectivity index (χ3n) is 2.15. The summed E-state index contributed by atoms with van der Waals surface area (Å²) in [6.07, 6.45) is -3.20. The van der Waals surface area contributed by atoms with E-state index in [9.17, 15) is 13.2 Å². The molecule has 0 radical (unpaired) electrons. The predicted molar refractivity (Wildman–Crippen MR) is 69.2 cm³/mol. The average Bonchev–Trinajstić information content (AvgIpc) is 2.30. The SMILES string of the molecule is CCNc1ncnc(N(CCO)CC(F)(F)F)c1Br. The van der Waals surface area contributed by atoms with E-state index in [1.54, 1.807) is 0 Å². The van der Waals surface area contributed by atoms with E-state index in [0.717, 1.165) is 4.90 Å². The molecule has 0 saturated carbocycles. The molecular formula is C10H14BrF3N4O. The van der Waals surface area contributed by atoms with E-state index in [1.165, 1.54) is 6.33 Å². The van der Waals surface area contributed by atoms with Gasteiger partial charge in [-0.1, -0.05) is 0 Å². The molecule has 0 saturated heterocycles. The van der Waals surface area contributed by atoms with Gasteiger partial charge in [0.05, 0.1) is 6.61 Å². The molecule has 108 valence electrons. The molecule has 0 unspecified atom stereocenters. The monoisotopic (exact) mass is 342 g/mol. The zero-order chi connectivity index (χ0) is 14.5. The van der Waals surface area contributed by atoms with E-state index in [4.69, 9.17) is 5.11 Å². The Labute approximate surface area is 117 Å². The number of rotatable bonds is 6. The van der Waals surface area contributed by atoms with Crippen molar-refractivity contribution in [1.82, 2.24) is 9.97 Å². The fourth-order valence-corrected chi connectivity index (χ4v) is 2.06. The standard InChI is InChI=1S/C10H14BrF3N4O/c1-2-15-8-7(11)9(17-6-16-8)18(3-4-19)5-10(12,13)14/h6,19H,2-5H2,1H3,(H,15,16,17). The second-order valence-electron chi connectivity index (χ2n) is 3.65. The number of hydrogen-bond acceptors (Lipinski definition) is 5. The van der Waals surface area contributed by atoms with Gasteiger partial charge in [-0.2, -0.15) is 13.2 Å². The Morgan fingerprint density at radius 1 is 1.42 bits per heavy atom. The first-order valence-corrected chi connectivity index (χ1v) is 6.35. The Balaban J connectivity index is 3.05. The van der Waals surface area contributed by atoms with Crippen molar-refractivity contribution in [2.24, 2.45) is 0 Å². The van der Waals surface area contributed by atoms with E-state index in [1.807, 2.05) is 6.92 Å². The smallest absolute Gasteiger partial charge is 0.395 e. The molecule has 2 N–H and O–H groups in total. The summed E-state index contributed by atoms with van der Waals surface area (Å²) >= 11 is 3.18. The third kappa shape index (κ3) is 4.83. The maximum absolute atomic E-state index is 12.5. The van der Waals surface area contributed by atoms with E-state index >= 15 is 0 Å². The first kappa shape index (κ1) is 16.0. The van der Waals surface area contributed by atoms with Crippen molar-refractivity contribution >= 4 is 27.6 Å². The molecular weight excluding hydrogens is 329 g/mol. The second kappa shape index (κ2) is 6.90. The molecule has 19 heavy (non-hydrogen) atoms. The highest BCUT2D eigenvalue weighted by atomic mass is 79.9. The highest BCUT2D eigenvalue weighted by Gasteiger charge is 2.32. The number of aliphatic hydroxyl groups is 1. The van der Waals surface area contributed by atoms with Gasteiger partial charge in [-0.3, -0.25) is 0 Å². The zero-order valence-electron chi connectivity index (χ0n) is 10.2. The molecule has 0 fully saturated rings. The summed E-state index contributed by atoms with van der Waals surface area (Å²) in [5.74, 6) is 0.509. The zero-order valence-corrected chi connectivity index (χ0v) is 11.8. The number of aliphatic hydroxyl groups excluding tert-OH is 1. The lowest BCUT2D eigenvalue weighted by molar-refractivity contribution is -0.120. The fraction of sp³-hybridized carbons (Fsp3) is 0.600. The molecule has 0 spiro atoms. The number of nitrogens with zero attached hydrogens (tertiary/aromatic N) is 3. The molecule has 1 aromatic rings. The van der Waals surface area contributed by atoms with Gasteiger partial charge in [0, 0.05) is 13.1 Å². The molecule has 1 aromatic heterocycles. The second-order valence-corrected chi connectivity index (χ2v) is 4.44. The van der Waals surface area contributed by atoms with Crippen LogP contribution in [-0.4, -0.2) is 47.5 Å². The summed E-state index contributed by atoms with van der Waals surface area (Å²) in [4.78, 5) is 8.72. The Bertz CT molecular complexity index is 416. The van der Waals surface area contributed by atoms with Crippen LogP contribution >= 0.6 is 15.9 Å². The van der Waals surface area contributed by atoms with Crippen molar-refractivity contribution < 1.29 is 18.3 Å². The number of aromatic nitrogens is 2. The van der Waals surface area contributed by atoms with Gasteiger partial charge in [-0.25, -0.2) is 9.97 Å². The topological polar surface area (TPSA) is 61.3 Å². The number of anilines is 2. The van der Waals surface area contributed by atoms with Crippen LogP contribution in [0.25, 0.3) is 0 Å². The van der Waals surface area contributed by atoms with Crippen molar-refractivity contribution in [3.05, 3.63) is 10.8 Å². The summed E-state index contributed by atoms with van der Waals surface area (Å²) in [5, 5.41) is 11.8. The van der Waals surface area contributed by atoms with Crippen LogP contribution in [-0.2, 0) is 0 Å². The maximum atomic E-state index is 12.5. The molecule has 0 aliphatic rings. The summed E-state index contributed by atoms with van der Waals surface area (Å²) in [6, 6.07) is 0. The Morgan fingerprint density at radius 2 is 2.11 bits per heavy atom. The lowest BCUT2D eigenvalue weighted by Gasteiger charge is -2.25. The summed E-state index contributed by atoms with van der Waals surface area (Å²) in [7, 11) is 0. The fourth-order valence-electron chi connectivity index (χ4n) is 1.47. The minimum Gasteiger partial charge on any atom is -0.395 e. The van der Waals surface area contributed by atoms with Gasteiger partial charge in [0.25, 0.3) is 0 Å². The number of halogens is 4. The lowest BCUT2D eigenvalue weighted by Crippen LogP contribution is -2.37. The van der Waals surface area contributed by atoms with Crippen molar-refractivity contribution in [2.45, 2.75) is 13.1 Å². The van der Waals surface area contributed by atoms with Gasteiger partial charge in [0.15, 0.2) is 0 Å². The molecule has 0 aliphatic heterocycles. The van der Waals surface area contributed by atoms with Crippen molar-refractivity contribution in [3.8, 4) is 0 Å². The van der Waals surface area contributed by atoms with Crippen molar-refractivity contribution in [1.29, 1.82) is 0 Å². The maximum Gasteiger partial charge on any atom is 0.405 e. The molecule has 1 heterocycles. The van der Waals surface area contributed by atoms with Gasteiger partial charge in [-0.15, -0.1) is 0 Å². The van der Waals surface area contributed by atoms with Crippen molar-refractivity contribution in [3.63, 3.8) is 0 Å². The number of nitrogens with one attached hydrogen (secondary N) is 1. The normalized spacial score (nSPS) is 11.5. The van der Waals surface area contributed by atoms with E-state index in [0.29, 0.717) is 16.8 Å². The van der Waals surface area contributed by atoms with E-state index in [2.05, 4.69) is 31.2 Å². The van der Waals surface area contributed by atoms with Crippen LogP contribution in [0.5, 0.6) is 0 Å². The largest absolute Gasteiger partial charge is 0.405 e. The highest BCUT2D eigenvalue weighted by molar-refractivity contribution is 9.10. The Hall–Kier alpha value is -1.09. The molecule has 0 atom stereocenters. The Morgan fingerprint density at radius 3 is 2.63 bits per heavy atom. The lowest BCUT2D eigenvalue weighted by atomic mass is 10.4. The summed E-state index contributed by atoms with van der Waals surface area (Å²) in [5.41, 5.74) is 0. The average molecular weight is 343 g/mol. The summed E-state index contributed by atoms with van der Waals surface area (Å²) < 4.78 is 37.8. The summed E-state index contributed by atoms with van der Waals surface area (Å²) in [6.45, 7) is 0.669. The van der Waals surface area contributed by atoms with Crippen LogP contribution in [0.2, 0.25) is 0 Å². The number of alkyl halides is 3. The first-order valence-electron chi connectivity index (χ1n) is 5.56. The molecule has 1 rings (SSSR count). The molecule has 9 heteroatoms. The van der Waals surface area contributed by atoms with Gasteiger partial charge in [-0.05, 0) is 22.9 Å². The van der Waals surface area contributed by atoms with Crippen LogP contribution in [0, 0.1) is 0 Å². The van der Waals surface area contributed by atoms with Gasteiger partial charge in [0.1, 0.15) is 29.0 Å². The minimum absolute atomic E-state index is 0.0947. The van der Waals surface area contributed by atoms with Crippen LogP contribution < -0.4 is 10.2 Å². The van der Waals surface area contributed by atoms with Crippen LogP contribution in [0.4, 0.5) is 24.8 Å². The molecule has 5 nitrogen and oxygen atoms in total.